The molecule has 0 spiro atoms. The summed E-state index contributed by atoms with van der Waals surface area (Å²) in [5.41, 5.74) is -0.436. The van der Waals surface area contributed by atoms with Crippen LogP contribution in [-0.4, -0.2) is 29.1 Å². The van der Waals surface area contributed by atoms with Crippen LogP contribution < -0.4 is 4.74 Å². The van der Waals surface area contributed by atoms with Crippen LogP contribution in [0.3, 0.4) is 0 Å². The van der Waals surface area contributed by atoms with Gasteiger partial charge in [0.25, 0.3) is 5.78 Å². The molecule has 6 heteroatoms. The second kappa shape index (κ2) is 4.18. The number of aryl methyl sites for hydroxylation is 1. The second-order valence-corrected chi connectivity index (χ2v) is 3.07. The number of carboxylic acid groups (broad SMARTS) is 1. The van der Waals surface area contributed by atoms with E-state index in [1.807, 2.05) is 0 Å². The van der Waals surface area contributed by atoms with Crippen LogP contribution >= 0.6 is 0 Å². The molecule has 0 heterocycles. The van der Waals surface area contributed by atoms with Crippen LogP contribution in [0.1, 0.15) is 15.9 Å². The Hall–Kier alpha value is -2.11. The molecule has 0 amide bonds. The highest BCUT2D eigenvalue weighted by Crippen LogP contribution is 2.35. The van der Waals surface area contributed by atoms with Gasteiger partial charge in [0, 0.05) is 0 Å². The number of rotatable bonds is 3. The number of phenolic OH excluding ortho intramolecular Hbond substituents is 1. The zero-order valence-electron chi connectivity index (χ0n) is 8.57. The van der Waals surface area contributed by atoms with Gasteiger partial charge in [-0.15, -0.1) is 0 Å². The molecule has 0 aromatic heterocycles. The molecule has 0 saturated carbocycles. The molecular weight excluding hydrogens is 219 g/mol. The van der Waals surface area contributed by atoms with Gasteiger partial charge in [0.15, 0.2) is 17.3 Å². The lowest BCUT2D eigenvalue weighted by molar-refractivity contribution is -0.131. The first-order valence-electron chi connectivity index (χ1n) is 4.23. The number of phenols is 1. The molecule has 0 aliphatic heterocycles. The van der Waals surface area contributed by atoms with Gasteiger partial charge in [-0.1, -0.05) is 0 Å². The van der Waals surface area contributed by atoms with Gasteiger partial charge < -0.3 is 14.9 Å². The number of hydrogen-bond donors (Lipinski definition) is 2. The maximum Gasteiger partial charge on any atom is 0.377 e. The molecule has 0 aliphatic rings. The fourth-order valence-corrected chi connectivity index (χ4v) is 1.33. The number of Topliss-reactive ketones (excluding diaryl/α,β-unsaturated/α-hetero) is 1. The number of aromatic hydroxyl groups is 1. The molecule has 1 aromatic rings. The van der Waals surface area contributed by atoms with E-state index in [-0.39, 0.29) is 5.56 Å². The molecule has 0 atom stereocenters. The summed E-state index contributed by atoms with van der Waals surface area (Å²) in [5, 5.41) is 18.0. The van der Waals surface area contributed by atoms with Gasteiger partial charge in [0.2, 0.25) is 0 Å². The van der Waals surface area contributed by atoms with Gasteiger partial charge in [-0.2, -0.15) is 0 Å². The predicted octanol–water partition coefficient (Wildman–Crippen LogP) is 1.12. The minimum Gasteiger partial charge on any atom is -0.504 e. The normalized spacial score (nSPS) is 9.94. The molecule has 86 valence electrons. The zero-order chi connectivity index (χ0) is 12.5. The Morgan fingerprint density at radius 2 is 2.00 bits per heavy atom. The molecule has 16 heavy (non-hydrogen) atoms. The minimum absolute atomic E-state index is 0.0307. The molecule has 1 rings (SSSR count). The first-order chi connectivity index (χ1) is 7.40. The van der Waals surface area contributed by atoms with Crippen molar-refractivity contribution >= 4 is 11.8 Å². The van der Waals surface area contributed by atoms with Crippen molar-refractivity contribution in [2.24, 2.45) is 0 Å². The van der Waals surface area contributed by atoms with Crippen molar-refractivity contribution in [3.05, 3.63) is 23.0 Å². The molecule has 0 radical (unpaired) electrons. The lowest BCUT2D eigenvalue weighted by atomic mass is 10.0. The Labute approximate surface area is 90.1 Å². The molecular formula is C10H9FO5. The van der Waals surface area contributed by atoms with Gasteiger partial charge in [0.1, 0.15) is 0 Å². The molecule has 0 fully saturated rings. The number of aliphatic carboxylic acids is 1. The van der Waals surface area contributed by atoms with E-state index < -0.39 is 34.6 Å². The van der Waals surface area contributed by atoms with E-state index in [1.165, 1.54) is 6.92 Å². The van der Waals surface area contributed by atoms with Crippen molar-refractivity contribution < 1.29 is 28.9 Å². The second-order valence-electron chi connectivity index (χ2n) is 3.07. The third-order valence-corrected chi connectivity index (χ3v) is 2.03. The summed E-state index contributed by atoms with van der Waals surface area (Å²) in [5.74, 6) is -5.25. The lowest BCUT2D eigenvalue weighted by Gasteiger charge is -2.10. The van der Waals surface area contributed by atoms with Crippen molar-refractivity contribution in [2.75, 3.05) is 7.11 Å². The molecule has 5 nitrogen and oxygen atoms in total. The number of ketones is 1. The van der Waals surface area contributed by atoms with E-state index in [1.54, 1.807) is 0 Å². The van der Waals surface area contributed by atoms with Crippen molar-refractivity contribution in [1.29, 1.82) is 0 Å². The number of methoxy groups -OCH3 is 1. The molecule has 0 bridgehead atoms. The summed E-state index contributed by atoms with van der Waals surface area (Å²) in [7, 11) is 1.10. The topological polar surface area (TPSA) is 83.8 Å². The van der Waals surface area contributed by atoms with Crippen molar-refractivity contribution in [2.45, 2.75) is 6.92 Å². The van der Waals surface area contributed by atoms with Crippen LogP contribution in [-0.2, 0) is 4.79 Å². The monoisotopic (exact) mass is 228 g/mol. The van der Waals surface area contributed by atoms with Crippen LogP contribution in [0.15, 0.2) is 6.07 Å². The van der Waals surface area contributed by atoms with Crippen molar-refractivity contribution in [3.63, 3.8) is 0 Å². The fraction of sp³-hybridized carbons (Fsp3) is 0.200. The minimum atomic E-state index is -1.73. The number of hydrogen-bond acceptors (Lipinski definition) is 4. The number of carboxylic acids is 1. The van der Waals surface area contributed by atoms with E-state index in [9.17, 15) is 19.1 Å². The highest BCUT2D eigenvalue weighted by atomic mass is 19.1. The quantitative estimate of drug-likeness (QED) is 0.598. The summed E-state index contributed by atoms with van der Waals surface area (Å²) in [6.45, 7) is 1.32. The highest BCUT2D eigenvalue weighted by Gasteiger charge is 2.25. The first kappa shape index (κ1) is 12.0. The van der Waals surface area contributed by atoms with Gasteiger partial charge in [-0.25, -0.2) is 9.18 Å². The average Bonchev–Trinajstić information content (AvgIpc) is 2.17. The van der Waals surface area contributed by atoms with Crippen molar-refractivity contribution in [1.82, 2.24) is 0 Å². The molecule has 1 aromatic carbocycles. The van der Waals surface area contributed by atoms with E-state index in [4.69, 9.17) is 5.11 Å². The maximum absolute atomic E-state index is 13.2. The fourth-order valence-electron chi connectivity index (χ4n) is 1.33. The number of benzene rings is 1. The predicted molar refractivity (Wildman–Crippen MR) is 51.3 cm³/mol. The van der Waals surface area contributed by atoms with Crippen molar-refractivity contribution in [3.8, 4) is 11.5 Å². The van der Waals surface area contributed by atoms with Crippen LogP contribution in [0.25, 0.3) is 0 Å². The first-order valence-corrected chi connectivity index (χ1v) is 4.23. The Balaban J connectivity index is 3.51. The molecule has 0 unspecified atom stereocenters. The average molecular weight is 228 g/mol. The Kier molecular flexibility index (Phi) is 3.12. The van der Waals surface area contributed by atoms with Crippen LogP contribution in [0.4, 0.5) is 4.39 Å². The number of ether oxygens (including phenoxy) is 1. The SMILES string of the molecule is COc1c(F)cc(C)c(C(=O)C(=O)O)c1O. The van der Waals surface area contributed by atoms with Crippen LogP contribution in [0.5, 0.6) is 11.5 Å². The van der Waals surface area contributed by atoms with Gasteiger partial charge in [-0.05, 0) is 18.6 Å². The summed E-state index contributed by atoms with van der Waals surface area (Å²) in [4.78, 5) is 21.7. The zero-order valence-corrected chi connectivity index (χ0v) is 8.57. The van der Waals surface area contributed by atoms with E-state index in [2.05, 4.69) is 4.74 Å². The van der Waals surface area contributed by atoms with Gasteiger partial charge in [0.05, 0.1) is 12.7 Å². The molecule has 2 N–H and O–H groups in total. The Morgan fingerprint density at radius 1 is 1.44 bits per heavy atom. The van der Waals surface area contributed by atoms with E-state index >= 15 is 0 Å². The molecule has 0 saturated heterocycles. The highest BCUT2D eigenvalue weighted by molar-refractivity contribution is 6.41. The third-order valence-electron chi connectivity index (χ3n) is 2.03. The standard InChI is InChI=1S/C10H9FO5/c1-4-3-5(11)9(16-2)7(12)6(4)8(13)10(14)15/h3,12H,1-2H3,(H,14,15). The number of carbonyl (C=O) groups excluding carboxylic acids is 1. The number of halogens is 1. The third kappa shape index (κ3) is 1.81. The smallest absolute Gasteiger partial charge is 0.377 e. The van der Waals surface area contributed by atoms with Gasteiger partial charge in [-0.3, -0.25) is 4.79 Å². The van der Waals surface area contributed by atoms with Crippen LogP contribution in [0, 0.1) is 12.7 Å². The Morgan fingerprint density at radius 3 is 2.44 bits per heavy atom. The van der Waals surface area contributed by atoms with Crippen LogP contribution in [0.2, 0.25) is 0 Å². The summed E-state index contributed by atoms with van der Waals surface area (Å²) in [6, 6.07) is 0.925. The summed E-state index contributed by atoms with van der Waals surface area (Å²) < 4.78 is 17.7. The Bertz CT molecular complexity index is 467. The summed E-state index contributed by atoms with van der Waals surface area (Å²) in [6.07, 6.45) is 0. The molecule has 0 aliphatic carbocycles. The lowest BCUT2D eigenvalue weighted by Crippen LogP contribution is -2.15. The largest absolute Gasteiger partial charge is 0.504 e. The van der Waals surface area contributed by atoms with E-state index in [0.29, 0.717) is 0 Å². The summed E-state index contributed by atoms with van der Waals surface area (Å²) >= 11 is 0. The number of carbonyl (C=O) groups is 2. The van der Waals surface area contributed by atoms with Gasteiger partial charge >= 0.3 is 5.97 Å². The van der Waals surface area contributed by atoms with E-state index in [0.717, 1.165) is 13.2 Å². The maximum atomic E-state index is 13.2.